The third-order valence-corrected chi connectivity index (χ3v) is 4.51. The van der Waals surface area contributed by atoms with Crippen LogP contribution in [0.1, 0.15) is 58.3 Å². The maximum Gasteiger partial charge on any atom is 0.200 e. The molecule has 0 aliphatic carbocycles. The van der Waals surface area contributed by atoms with E-state index >= 15 is 0 Å². The van der Waals surface area contributed by atoms with Gasteiger partial charge >= 0.3 is 0 Å². The predicted octanol–water partition coefficient (Wildman–Crippen LogP) is 5.93. The van der Waals surface area contributed by atoms with Crippen molar-refractivity contribution in [2.45, 2.75) is 64.8 Å². The van der Waals surface area contributed by atoms with E-state index in [1.165, 1.54) is 44.9 Å². The summed E-state index contributed by atoms with van der Waals surface area (Å²) >= 11 is 5.96. The van der Waals surface area contributed by atoms with Crippen LogP contribution in [0, 0.1) is 0 Å². The van der Waals surface area contributed by atoms with Crippen molar-refractivity contribution in [2.75, 3.05) is 5.73 Å². The molecule has 0 saturated carbocycles. The van der Waals surface area contributed by atoms with Gasteiger partial charge in [-0.15, -0.1) is 0 Å². The second-order valence-corrected chi connectivity index (χ2v) is 6.57. The van der Waals surface area contributed by atoms with Crippen LogP contribution in [-0.2, 0) is 6.54 Å². The quantitative estimate of drug-likeness (QED) is 0.548. The van der Waals surface area contributed by atoms with Crippen LogP contribution in [0.2, 0.25) is 5.02 Å². The number of benzene rings is 1. The third-order valence-electron chi connectivity index (χ3n) is 4.26. The molecule has 0 aliphatic heterocycles. The average molecular weight is 334 g/mol. The Balaban J connectivity index is 1.81. The molecule has 4 heteroatoms. The Kier molecular flexibility index (Phi) is 7.47. The molecule has 0 atom stereocenters. The van der Waals surface area contributed by atoms with Gasteiger partial charge in [-0.25, -0.2) is 4.98 Å². The maximum atomic E-state index is 6.03. The second kappa shape index (κ2) is 9.61. The van der Waals surface area contributed by atoms with Gasteiger partial charge in [-0.1, -0.05) is 75.6 Å². The summed E-state index contributed by atoms with van der Waals surface area (Å²) in [5.74, 6) is 0.595. The van der Waals surface area contributed by atoms with E-state index in [4.69, 9.17) is 17.3 Å². The molecule has 0 saturated heterocycles. The minimum Gasteiger partial charge on any atom is -0.369 e. The fourth-order valence-corrected chi connectivity index (χ4v) is 3.01. The monoisotopic (exact) mass is 333 g/mol. The van der Waals surface area contributed by atoms with Gasteiger partial charge in [-0.3, -0.25) is 0 Å². The van der Waals surface area contributed by atoms with Crippen molar-refractivity contribution < 1.29 is 0 Å². The van der Waals surface area contributed by atoms with Crippen LogP contribution in [0.3, 0.4) is 0 Å². The highest BCUT2D eigenvalue weighted by Crippen LogP contribution is 2.24. The van der Waals surface area contributed by atoms with Crippen molar-refractivity contribution in [1.29, 1.82) is 0 Å². The summed E-state index contributed by atoms with van der Waals surface area (Å²) in [5.41, 5.74) is 8.21. The highest BCUT2D eigenvalue weighted by atomic mass is 35.5. The van der Waals surface area contributed by atoms with Crippen LogP contribution < -0.4 is 5.73 Å². The minimum absolute atomic E-state index is 0.595. The molecular weight excluding hydrogens is 306 g/mol. The van der Waals surface area contributed by atoms with Gasteiger partial charge in [0.15, 0.2) is 0 Å². The lowest BCUT2D eigenvalue weighted by Gasteiger charge is -2.10. The first-order valence-corrected chi connectivity index (χ1v) is 9.17. The van der Waals surface area contributed by atoms with E-state index in [-0.39, 0.29) is 0 Å². The van der Waals surface area contributed by atoms with Crippen LogP contribution in [0.25, 0.3) is 11.3 Å². The Hall–Kier alpha value is -1.48. The topological polar surface area (TPSA) is 43.8 Å². The first kappa shape index (κ1) is 17.9. The zero-order chi connectivity index (χ0) is 16.5. The summed E-state index contributed by atoms with van der Waals surface area (Å²) in [7, 11) is 0. The van der Waals surface area contributed by atoms with Gasteiger partial charge in [0.05, 0.1) is 11.9 Å². The number of imidazole rings is 1. The Morgan fingerprint density at radius 3 is 2.22 bits per heavy atom. The molecule has 23 heavy (non-hydrogen) atoms. The zero-order valence-corrected chi connectivity index (χ0v) is 14.9. The van der Waals surface area contributed by atoms with Crippen molar-refractivity contribution in [3.63, 3.8) is 0 Å². The highest BCUT2D eigenvalue weighted by Gasteiger charge is 2.09. The lowest BCUT2D eigenvalue weighted by Crippen LogP contribution is -2.05. The van der Waals surface area contributed by atoms with Crippen LogP contribution >= 0.6 is 11.6 Å². The Morgan fingerprint density at radius 2 is 1.57 bits per heavy atom. The number of hydrogen-bond acceptors (Lipinski definition) is 2. The number of nitrogen functional groups attached to an aromatic ring is 1. The first-order valence-electron chi connectivity index (χ1n) is 8.79. The predicted molar refractivity (Wildman–Crippen MR) is 99.7 cm³/mol. The number of rotatable bonds is 10. The normalized spacial score (nSPS) is 11.0. The van der Waals surface area contributed by atoms with Gasteiger partial charge in [0.2, 0.25) is 5.95 Å². The molecule has 3 nitrogen and oxygen atoms in total. The Morgan fingerprint density at radius 1 is 0.957 bits per heavy atom. The third kappa shape index (κ3) is 5.58. The molecule has 0 spiro atoms. The van der Waals surface area contributed by atoms with E-state index < -0.39 is 0 Å². The number of nitrogens with zero attached hydrogens (tertiary/aromatic N) is 2. The SMILES string of the molecule is CCCCCCCCCCn1c(-c2ccc(Cl)cc2)cnc1N. The second-order valence-electron chi connectivity index (χ2n) is 6.14. The smallest absolute Gasteiger partial charge is 0.200 e. The van der Waals surface area contributed by atoms with E-state index in [0.29, 0.717) is 5.95 Å². The summed E-state index contributed by atoms with van der Waals surface area (Å²) in [6.07, 6.45) is 12.4. The van der Waals surface area contributed by atoms with Crippen molar-refractivity contribution in [2.24, 2.45) is 0 Å². The van der Waals surface area contributed by atoms with E-state index in [0.717, 1.165) is 29.2 Å². The van der Waals surface area contributed by atoms with Gasteiger partial charge in [0.25, 0.3) is 0 Å². The standard InChI is InChI=1S/C19H28ClN3/c1-2-3-4-5-6-7-8-9-14-23-18(15-22-19(23)21)16-10-12-17(20)13-11-16/h10-13,15H,2-9,14H2,1H3,(H2,21,22). The fourth-order valence-electron chi connectivity index (χ4n) is 2.88. The number of anilines is 1. The van der Waals surface area contributed by atoms with Gasteiger partial charge in [0, 0.05) is 11.6 Å². The lowest BCUT2D eigenvalue weighted by atomic mass is 10.1. The lowest BCUT2D eigenvalue weighted by molar-refractivity contribution is 0.547. The van der Waals surface area contributed by atoms with Crippen molar-refractivity contribution in [1.82, 2.24) is 9.55 Å². The number of aromatic nitrogens is 2. The van der Waals surface area contributed by atoms with Crippen LogP contribution in [0.5, 0.6) is 0 Å². The number of hydrogen-bond donors (Lipinski definition) is 1. The van der Waals surface area contributed by atoms with Crippen molar-refractivity contribution in [3.8, 4) is 11.3 Å². The van der Waals surface area contributed by atoms with E-state index in [2.05, 4.69) is 16.5 Å². The summed E-state index contributed by atoms with van der Waals surface area (Å²) in [5, 5.41) is 0.746. The molecule has 2 N–H and O–H groups in total. The highest BCUT2D eigenvalue weighted by molar-refractivity contribution is 6.30. The average Bonchev–Trinajstić information content (AvgIpc) is 2.92. The molecule has 1 aromatic heterocycles. The fraction of sp³-hybridized carbons (Fsp3) is 0.526. The molecule has 1 aromatic carbocycles. The Labute approximate surface area is 144 Å². The van der Waals surface area contributed by atoms with Gasteiger partial charge in [-0.2, -0.15) is 0 Å². The summed E-state index contributed by atoms with van der Waals surface area (Å²) in [4.78, 5) is 4.27. The molecule has 2 aromatic rings. The van der Waals surface area contributed by atoms with Crippen molar-refractivity contribution in [3.05, 3.63) is 35.5 Å². The van der Waals surface area contributed by atoms with E-state index in [1.54, 1.807) is 0 Å². The molecule has 0 radical (unpaired) electrons. The molecule has 2 rings (SSSR count). The molecule has 126 valence electrons. The molecule has 0 aliphatic rings. The number of nitrogens with two attached hydrogens (primary N) is 1. The molecule has 1 heterocycles. The maximum absolute atomic E-state index is 6.03. The number of unbranched alkanes of at least 4 members (excludes halogenated alkanes) is 7. The van der Waals surface area contributed by atoms with Crippen LogP contribution in [-0.4, -0.2) is 9.55 Å². The van der Waals surface area contributed by atoms with Crippen LogP contribution in [0.15, 0.2) is 30.5 Å². The van der Waals surface area contributed by atoms with Gasteiger partial charge < -0.3 is 10.3 Å². The van der Waals surface area contributed by atoms with Crippen molar-refractivity contribution >= 4 is 17.5 Å². The summed E-state index contributed by atoms with van der Waals surface area (Å²) < 4.78 is 2.11. The summed E-state index contributed by atoms with van der Waals surface area (Å²) in [6, 6.07) is 7.84. The van der Waals surface area contributed by atoms with E-state index in [1.807, 2.05) is 30.5 Å². The molecule has 0 unspecified atom stereocenters. The Bertz CT molecular complexity index is 575. The van der Waals surface area contributed by atoms with Gasteiger partial charge in [0.1, 0.15) is 0 Å². The van der Waals surface area contributed by atoms with Crippen LogP contribution in [0.4, 0.5) is 5.95 Å². The molecule has 0 bridgehead atoms. The minimum atomic E-state index is 0.595. The first-order chi connectivity index (χ1) is 11.2. The molecule has 0 fully saturated rings. The van der Waals surface area contributed by atoms with E-state index in [9.17, 15) is 0 Å². The number of halogens is 1. The molecule has 0 amide bonds. The summed E-state index contributed by atoms with van der Waals surface area (Å²) in [6.45, 7) is 3.19. The largest absolute Gasteiger partial charge is 0.369 e. The molecular formula is C19H28ClN3. The van der Waals surface area contributed by atoms with Gasteiger partial charge in [-0.05, 0) is 24.1 Å². The zero-order valence-electron chi connectivity index (χ0n) is 14.1.